The average molecular weight is 580 g/mol. The molecule has 1 aromatic heterocycles. The van der Waals surface area contributed by atoms with Gasteiger partial charge in [0.15, 0.2) is 5.76 Å². The summed E-state index contributed by atoms with van der Waals surface area (Å²) in [6.45, 7) is 0. The van der Waals surface area contributed by atoms with Gasteiger partial charge in [-0.25, -0.2) is 0 Å². The van der Waals surface area contributed by atoms with Crippen LogP contribution in [0.1, 0.15) is 27.8 Å². The summed E-state index contributed by atoms with van der Waals surface area (Å²) in [6.07, 6.45) is 0. The van der Waals surface area contributed by atoms with Crippen molar-refractivity contribution in [3.8, 4) is 34.3 Å². The summed E-state index contributed by atoms with van der Waals surface area (Å²) in [5.41, 5.74) is 10.9. The predicted molar refractivity (Wildman–Crippen MR) is 183 cm³/mol. The van der Waals surface area contributed by atoms with E-state index < -0.39 is 0 Å². The van der Waals surface area contributed by atoms with Crippen molar-refractivity contribution in [2.24, 2.45) is 0 Å². The first-order valence-corrected chi connectivity index (χ1v) is 14.9. The van der Waals surface area contributed by atoms with Crippen LogP contribution in [0, 0.1) is 11.3 Å². The number of methoxy groups -OCH3 is 1. The summed E-state index contributed by atoms with van der Waals surface area (Å²) in [5.74, 6) is 1.37. The third-order valence-corrected chi connectivity index (χ3v) is 8.10. The third kappa shape index (κ3) is 5.42. The van der Waals surface area contributed by atoms with E-state index in [1.807, 2.05) is 60.7 Å². The van der Waals surface area contributed by atoms with Crippen LogP contribution in [-0.4, -0.2) is 7.11 Å². The molecule has 0 aliphatic carbocycles. The molecular formula is C42H29NO2. The third-order valence-electron chi connectivity index (χ3n) is 8.10. The van der Waals surface area contributed by atoms with Gasteiger partial charge in [0.1, 0.15) is 23.0 Å². The standard InChI is InChI=1S/C42H29NO2/c1-44-36-24-21-29(22-25-36)35-23-26-39-37(27-35)38(28-43)42(45-39)34-19-17-33(18-20-34)41(32-15-9-4-10-16-32)40(30-11-5-2-6-12-30)31-13-7-3-8-14-31/h2-27H,1H3. The molecular weight excluding hydrogens is 550 g/mol. The summed E-state index contributed by atoms with van der Waals surface area (Å²) in [4.78, 5) is 0. The van der Waals surface area contributed by atoms with Crippen LogP contribution in [0.25, 0.3) is 44.6 Å². The number of rotatable bonds is 7. The molecule has 0 bridgehead atoms. The van der Waals surface area contributed by atoms with Crippen molar-refractivity contribution >= 4 is 22.1 Å². The van der Waals surface area contributed by atoms with E-state index in [1.165, 1.54) is 0 Å². The molecule has 0 N–H and O–H groups in total. The molecule has 0 saturated heterocycles. The van der Waals surface area contributed by atoms with Crippen LogP contribution in [0.2, 0.25) is 0 Å². The molecule has 45 heavy (non-hydrogen) atoms. The van der Waals surface area contributed by atoms with Crippen LogP contribution in [0.3, 0.4) is 0 Å². The largest absolute Gasteiger partial charge is 0.497 e. The lowest BCUT2D eigenvalue weighted by atomic mass is 9.85. The molecule has 3 heteroatoms. The highest BCUT2D eigenvalue weighted by molar-refractivity contribution is 6.04. The van der Waals surface area contributed by atoms with Crippen molar-refractivity contribution in [3.63, 3.8) is 0 Å². The molecule has 7 rings (SSSR count). The Morgan fingerprint density at radius 3 is 1.49 bits per heavy atom. The van der Waals surface area contributed by atoms with Gasteiger partial charge in [0.2, 0.25) is 0 Å². The molecule has 0 aliphatic rings. The SMILES string of the molecule is COc1ccc(-c2ccc3oc(-c4ccc(C(=C(c5ccccc5)c5ccccc5)c5ccccc5)cc4)c(C#N)c3c2)cc1. The van der Waals surface area contributed by atoms with Gasteiger partial charge in [-0.05, 0) is 68.8 Å². The molecule has 0 amide bonds. The fraction of sp³-hybridized carbons (Fsp3) is 0.0238. The molecule has 0 atom stereocenters. The van der Waals surface area contributed by atoms with Gasteiger partial charge < -0.3 is 9.15 Å². The van der Waals surface area contributed by atoms with Gasteiger partial charge in [0.25, 0.3) is 0 Å². The van der Waals surface area contributed by atoms with Gasteiger partial charge in [0, 0.05) is 10.9 Å². The molecule has 0 radical (unpaired) electrons. The van der Waals surface area contributed by atoms with Crippen molar-refractivity contribution in [1.82, 2.24) is 0 Å². The number of ether oxygens (including phenoxy) is 1. The number of hydrogen-bond donors (Lipinski definition) is 0. The molecule has 1 heterocycles. The maximum Gasteiger partial charge on any atom is 0.153 e. The summed E-state index contributed by atoms with van der Waals surface area (Å²) in [6, 6.07) is 56.2. The van der Waals surface area contributed by atoms with Crippen LogP contribution in [0.15, 0.2) is 162 Å². The first kappa shape index (κ1) is 27.7. The van der Waals surface area contributed by atoms with Crippen molar-refractivity contribution < 1.29 is 9.15 Å². The van der Waals surface area contributed by atoms with Crippen LogP contribution in [-0.2, 0) is 0 Å². The molecule has 0 aliphatic heterocycles. The van der Waals surface area contributed by atoms with Crippen molar-refractivity contribution in [3.05, 3.63) is 186 Å². The van der Waals surface area contributed by atoms with Crippen LogP contribution < -0.4 is 4.74 Å². The average Bonchev–Trinajstić information content (AvgIpc) is 3.50. The highest BCUT2D eigenvalue weighted by Crippen LogP contribution is 2.39. The predicted octanol–water partition coefficient (Wildman–Crippen LogP) is 10.7. The van der Waals surface area contributed by atoms with Crippen molar-refractivity contribution in [2.75, 3.05) is 7.11 Å². The fourth-order valence-corrected chi connectivity index (χ4v) is 5.89. The zero-order chi connectivity index (χ0) is 30.6. The van der Waals surface area contributed by atoms with Crippen LogP contribution in [0.4, 0.5) is 0 Å². The topological polar surface area (TPSA) is 46.2 Å². The van der Waals surface area contributed by atoms with E-state index in [0.29, 0.717) is 16.9 Å². The summed E-state index contributed by atoms with van der Waals surface area (Å²) in [5, 5.41) is 11.1. The van der Waals surface area contributed by atoms with E-state index in [1.54, 1.807) is 7.11 Å². The van der Waals surface area contributed by atoms with Gasteiger partial charge in [-0.2, -0.15) is 5.26 Å². The molecule has 0 fully saturated rings. The Balaban J connectivity index is 1.35. The monoisotopic (exact) mass is 579 g/mol. The van der Waals surface area contributed by atoms with E-state index in [2.05, 4.69) is 103 Å². The van der Waals surface area contributed by atoms with Gasteiger partial charge in [-0.3, -0.25) is 0 Å². The highest BCUT2D eigenvalue weighted by atomic mass is 16.5. The molecule has 0 unspecified atom stereocenters. The van der Waals surface area contributed by atoms with E-state index in [-0.39, 0.29) is 0 Å². The first-order chi connectivity index (χ1) is 22.2. The van der Waals surface area contributed by atoms with E-state index in [4.69, 9.17) is 9.15 Å². The maximum atomic E-state index is 10.3. The Labute approximate surface area is 262 Å². The molecule has 0 spiro atoms. The Morgan fingerprint density at radius 2 is 1.00 bits per heavy atom. The maximum absolute atomic E-state index is 10.3. The summed E-state index contributed by atoms with van der Waals surface area (Å²) in [7, 11) is 1.66. The van der Waals surface area contributed by atoms with Crippen molar-refractivity contribution in [2.45, 2.75) is 0 Å². The first-order valence-electron chi connectivity index (χ1n) is 14.9. The smallest absolute Gasteiger partial charge is 0.153 e. The van der Waals surface area contributed by atoms with Gasteiger partial charge in [0.05, 0.1) is 7.11 Å². The number of furan rings is 1. The fourth-order valence-electron chi connectivity index (χ4n) is 5.89. The highest BCUT2D eigenvalue weighted by Gasteiger charge is 2.19. The lowest BCUT2D eigenvalue weighted by molar-refractivity contribution is 0.415. The molecule has 3 nitrogen and oxygen atoms in total. The number of hydrogen-bond acceptors (Lipinski definition) is 3. The zero-order valence-electron chi connectivity index (χ0n) is 24.8. The Bertz CT molecular complexity index is 2110. The molecule has 0 saturated carbocycles. The lowest BCUT2D eigenvalue weighted by Gasteiger charge is -2.18. The Kier molecular flexibility index (Phi) is 7.54. The second-order valence-corrected chi connectivity index (χ2v) is 10.8. The number of nitriles is 1. The molecule has 7 aromatic rings. The lowest BCUT2D eigenvalue weighted by Crippen LogP contribution is -1.97. The minimum atomic E-state index is 0.529. The van der Waals surface area contributed by atoms with Gasteiger partial charge in [-0.1, -0.05) is 133 Å². The molecule has 214 valence electrons. The van der Waals surface area contributed by atoms with E-state index >= 15 is 0 Å². The van der Waals surface area contributed by atoms with E-state index in [0.717, 1.165) is 61.2 Å². The van der Waals surface area contributed by atoms with Crippen LogP contribution in [0.5, 0.6) is 5.75 Å². The van der Waals surface area contributed by atoms with Gasteiger partial charge >= 0.3 is 0 Å². The normalized spacial score (nSPS) is 10.8. The number of fused-ring (bicyclic) bond motifs is 1. The quantitative estimate of drug-likeness (QED) is 0.177. The summed E-state index contributed by atoms with van der Waals surface area (Å²) < 4.78 is 11.6. The minimum absolute atomic E-state index is 0.529. The van der Waals surface area contributed by atoms with Gasteiger partial charge in [-0.15, -0.1) is 0 Å². The number of benzene rings is 6. The number of nitrogens with zero attached hydrogens (tertiary/aromatic N) is 1. The van der Waals surface area contributed by atoms with E-state index in [9.17, 15) is 5.26 Å². The van der Waals surface area contributed by atoms with Crippen LogP contribution >= 0.6 is 0 Å². The Hall–Kier alpha value is -6.11. The Morgan fingerprint density at radius 1 is 0.533 bits per heavy atom. The molecule has 6 aromatic carbocycles. The summed E-state index contributed by atoms with van der Waals surface area (Å²) >= 11 is 0. The second-order valence-electron chi connectivity index (χ2n) is 10.8. The minimum Gasteiger partial charge on any atom is -0.497 e. The van der Waals surface area contributed by atoms with Crippen molar-refractivity contribution in [1.29, 1.82) is 5.26 Å². The zero-order valence-corrected chi connectivity index (χ0v) is 24.8. The second kappa shape index (κ2) is 12.2.